The fourth-order valence-corrected chi connectivity index (χ4v) is 2.12. The lowest BCUT2D eigenvalue weighted by atomic mass is 10.0. The monoisotopic (exact) mass is 258 g/mol. The van der Waals surface area contributed by atoms with Gasteiger partial charge in [-0.1, -0.05) is 12.8 Å². The quantitative estimate of drug-likeness (QED) is 0.574. The van der Waals surface area contributed by atoms with Crippen molar-refractivity contribution in [3.63, 3.8) is 0 Å². The van der Waals surface area contributed by atoms with E-state index < -0.39 is 30.4 Å². The maximum Gasteiger partial charge on any atom is 0.326 e. The minimum atomic E-state index is -1.41. The molecular weight excluding hydrogens is 240 g/mol. The Bertz CT molecular complexity index is 349. The summed E-state index contributed by atoms with van der Waals surface area (Å²) in [6.45, 7) is 1.90. The Morgan fingerprint density at radius 2 is 1.78 bits per heavy atom. The summed E-state index contributed by atoms with van der Waals surface area (Å²) in [5.74, 6) is -2.63. The minimum absolute atomic E-state index is 0.323. The van der Waals surface area contributed by atoms with Crippen molar-refractivity contribution in [1.82, 2.24) is 10.6 Å². The summed E-state index contributed by atoms with van der Waals surface area (Å²) in [4.78, 5) is 32.9. The van der Waals surface area contributed by atoms with Crippen LogP contribution < -0.4 is 10.6 Å². The second-order valence-corrected chi connectivity index (χ2v) is 4.85. The first kappa shape index (κ1) is 14.3. The van der Waals surface area contributed by atoms with Gasteiger partial charge in [-0.05, 0) is 19.8 Å². The van der Waals surface area contributed by atoms with Gasteiger partial charge in [0.1, 0.15) is 6.04 Å². The molecule has 0 aromatic carbocycles. The maximum atomic E-state index is 11.6. The molecular formula is C11H18N2O5. The Labute approximate surface area is 105 Å². The highest BCUT2D eigenvalue weighted by Crippen LogP contribution is 2.28. The van der Waals surface area contributed by atoms with Crippen LogP contribution in [0.4, 0.5) is 4.79 Å². The Kier molecular flexibility index (Phi) is 4.52. The van der Waals surface area contributed by atoms with Crippen LogP contribution in [0.25, 0.3) is 0 Å². The molecule has 1 fully saturated rings. The molecule has 0 aliphatic heterocycles. The van der Waals surface area contributed by atoms with Gasteiger partial charge in [0.15, 0.2) is 0 Å². The number of rotatable bonds is 5. The zero-order chi connectivity index (χ0) is 13.8. The van der Waals surface area contributed by atoms with Crippen LogP contribution in [0.5, 0.6) is 0 Å². The van der Waals surface area contributed by atoms with Crippen LogP contribution in [0, 0.1) is 0 Å². The Morgan fingerprint density at radius 3 is 2.22 bits per heavy atom. The third-order valence-electron chi connectivity index (χ3n) is 3.10. The van der Waals surface area contributed by atoms with Crippen LogP contribution in [0.1, 0.15) is 39.0 Å². The summed E-state index contributed by atoms with van der Waals surface area (Å²) in [5, 5.41) is 22.2. The maximum absolute atomic E-state index is 11.6. The zero-order valence-electron chi connectivity index (χ0n) is 10.2. The average Bonchev–Trinajstić information content (AvgIpc) is 2.62. The van der Waals surface area contributed by atoms with E-state index in [0.29, 0.717) is 0 Å². The molecule has 1 aliphatic carbocycles. The predicted octanol–water partition coefficient (Wildman–Crippen LogP) is 0.546. The third-order valence-corrected chi connectivity index (χ3v) is 3.10. The van der Waals surface area contributed by atoms with Crippen LogP contribution in [0.3, 0.4) is 0 Å². The average molecular weight is 258 g/mol. The number of urea groups is 1. The zero-order valence-corrected chi connectivity index (χ0v) is 10.2. The van der Waals surface area contributed by atoms with Crippen molar-refractivity contribution in [2.45, 2.75) is 50.6 Å². The van der Waals surface area contributed by atoms with Crippen LogP contribution in [0.2, 0.25) is 0 Å². The number of hydrogen-bond acceptors (Lipinski definition) is 3. The SMILES string of the molecule is CC1(NC(=O)N[C@H](CC(=O)O)C(=O)O)CCCC1. The number of carbonyl (C=O) groups is 3. The molecule has 1 rings (SSSR count). The molecule has 0 spiro atoms. The van der Waals surface area contributed by atoms with Crippen molar-refractivity contribution >= 4 is 18.0 Å². The minimum Gasteiger partial charge on any atom is -0.481 e. The lowest BCUT2D eigenvalue weighted by molar-refractivity contribution is -0.145. The molecule has 1 aliphatic rings. The smallest absolute Gasteiger partial charge is 0.326 e. The second kappa shape index (κ2) is 5.70. The lowest BCUT2D eigenvalue weighted by Crippen LogP contribution is -2.53. The molecule has 2 amide bonds. The number of hydrogen-bond donors (Lipinski definition) is 4. The van der Waals surface area contributed by atoms with Gasteiger partial charge in [0.2, 0.25) is 0 Å². The molecule has 1 atom stereocenters. The molecule has 0 bridgehead atoms. The van der Waals surface area contributed by atoms with E-state index >= 15 is 0 Å². The number of carbonyl (C=O) groups excluding carboxylic acids is 1. The summed E-state index contributed by atoms with van der Waals surface area (Å²) in [6.07, 6.45) is 3.09. The highest BCUT2D eigenvalue weighted by atomic mass is 16.4. The first-order valence-corrected chi connectivity index (χ1v) is 5.86. The fraction of sp³-hybridized carbons (Fsp3) is 0.727. The number of carboxylic acids is 2. The summed E-state index contributed by atoms with van der Waals surface area (Å²) in [7, 11) is 0. The fourth-order valence-electron chi connectivity index (χ4n) is 2.12. The molecule has 0 unspecified atom stereocenters. The van der Waals surface area contributed by atoms with Crippen LogP contribution in [0.15, 0.2) is 0 Å². The van der Waals surface area contributed by atoms with E-state index in [0.717, 1.165) is 25.7 Å². The summed E-state index contributed by atoms with van der Waals surface area (Å²) in [6, 6.07) is -2.04. The number of nitrogens with one attached hydrogen (secondary N) is 2. The first-order valence-electron chi connectivity index (χ1n) is 5.86. The molecule has 102 valence electrons. The number of aliphatic carboxylic acids is 2. The number of carboxylic acid groups (broad SMARTS) is 2. The van der Waals surface area contributed by atoms with E-state index in [1.165, 1.54) is 0 Å². The van der Waals surface area contributed by atoms with Gasteiger partial charge in [-0.3, -0.25) is 4.79 Å². The summed E-state index contributed by atoms with van der Waals surface area (Å²) < 4.78 is 0. The Hall–Kier alpha value is -1.79. The largest absolute Gasteiger partial charge is 0.481 e. The molecule has 7 nitrogen and oxygen atoms in total. The van der Waals surface area contributed by atoms with Gasteiger partial charge in [0, 0.05) is 5.54 Å². The molecule has 0 saturated heterocycles. The van der Waals surface area contributed by atoms with E-state index in [-0.39, 0.29) is 5.54 Å². The highest BCUT2D eigenvalue weighted by Gasteiger charge is 2.31. The Balaban J connectivity index is 2.50. The molecule has 0 radical (unpaired) electrons. The van der Waals surface area contributed by atoms with Crippen molar-refractivity contribution in [2.24, 2.45) is 0 Å². The van der Waals surface area contributed by atoms with Crippen molar-refractivity contribution in [3.05, 3.63) is 0 Å². The first-order chi connectivity index (χ1) is 8.32. The molecule has 0 aromatic heterocycles. The predicted molar refractivity (Wildman–Crippen MR) is 62.2 cm³/mol. The van der Waals surface area contributed by atoms with Gasteiger partial charge < -0.3 is 20.8 Å². The topological polar surface area (TPSA) is 116 Å². The van der Waals surface area contributed by atoms with Gasteiger partial charge in [-0.15, -0.1) is 0 Å². The van der Waals surface area contributed by atoms with E-state index in [1.54, 1.807) is 0 Å². The molecule has 0 aromatic rings. The van der Waals surface area contributed by atoms with Gasteiger partial charge in [-0.25, -0.2) is 9.59 Å². The standard InChI is InChI=1S/C11H18N2O5/c1-11(4-2-3-5-11)13-10(18)12-7(9(16)17)6-8(14)15/h7H,2-6H2,1H3,(H,14,15)(H,16,17)(H2,12,13,18)/t7-/m1/s1. The second-order valence-electron chi connectivity index (χ2n) is 4.85. The van der Waals surface area contributed by atoms with E-state index in [1.807, 2.05) is 6.92 Å². The van der Waals surface area contributed by atoms with Crippen molar-refractivity contribution < 1.29 is 24.6 Å². The van der Waals surface area contributed by atoms with Crippen LogP contribution in [-0.4, -0.2) is 39.8 Å². The molecule has 18 heavy (non-hydrogen) atoms. The third kappa shape index (κ3) is 4.23. The van der Waals surface area contributed by atoms with Crippen LogP contribution in [-0.2, 0) is 9.59 Å². The lowest BCUT2D eigenvalue weighted by Gasteiger charge is -2.26. The van der Waals surface area contributed by atoms with Gasteiger partial charge in [-0.2, -0.15) is 0 Å². The van der Waals surface area contributed by atoms with E-state index in [4.69, 9.17) is 10.2 Å². The molecule has 7 heteroatoms. The summed E-state index contributed by atoms with van der Waals surface area (Å²) in [5.41, 5.74) is -0.323. The van der Waals surface area contributed by atoms with E-state index in [2.05, 4.69) is 10.6 Å². The van der Waals surface area contributed by atoms with Crippen LogP contribution >= 0.6 is 0 Å². The van der Waals surface area contributed by atoms with E-state index in [9.17, 15) is 14.4 Å². The van der Waals surface area contributed by atoms with Crippen molar-refractivity contribution in [3.8, 4) is 0 Å². The normalized spacial score (nSPS) is 18.9. The Morgan fingerprint density at radius 1 is 1.22 bits per heavy atom. The van der Waals surface area contributed by atoms with Gasteiger partial charge in [0.25, 0.3) is 0 Å². The highest BCUT2D eigenvalue weighted by molar-refractivity contribution is 5.86. The molecule has 1 saturated carbocycles. The molecule has 0 heterocycles. The summed E-state index contributed by atoms with van der Waals surface area (Å²) >= 11 is 0. The van der Waals surface area contributed by atoms with Crippen molar-refractivity contribution in [2.75, 3.05) is 0 Å². The number of amides is 2. The van der Waals surface area contributed by atoms with Crippen molar-refractivity contribution in [1.29, 1.82) is 0 Å². The molecule has 4 N–H and O–H groups in total. The van der Waals surface area contributed by atoms with Gasteiger partial charge >= 0.3 is 18.0 Å². The van der Waals surface area contributed by atoms with Gasteiger partial charge in [0.05, 0.1) is 6.42 Å².